The van der Waals surface area contributed by atoms with Crippen LogP contribution in [0.1, 0.15) is 30.1 Å². The Morgan fingerprint density at radius 2 is 1.86 bits per heavy atom. The van der Waals surface area contributed by atoms with Crippen molar-refractivity contribution < 1.29 is 22.8 Å². The first kappa shape index (κ1) is 18.7. The molecule has 1 aromatic heterocycles. The second-order valence-electron chi connectivity index (χ2n) is 6.36. The average Bonchev–Trinajstić information content (AvgIpc) is 3.20. The van der Waals surface area contributed by atoms with Gasteiger partial charge in [0.05, 0.1) is 6.54 Å². The van der Waals surface area contributed by atoms with Crippen LogP contribution >= 0.6 is 0 Å². The third-order valence-corrected chi connectivity index (χ3v) is 4.26. The molecule has 0 radical (unpaired) electrons. The molecule has 7 nitrogen and oxygen atoms in total. The van der Waals surface area contributed by atoms with Crippen molar-refractivity contribution in [3.8, 4) is 5.75 Å². The molecule has 0 spiro atoms. The van der Waals surface area contributed by atoms with Crippen LogP contribution in [0.4, 0.5) is 8.78 Å². The van der Waals surface area contributed by atoms with Gasteiger partial charge in [-0.05, 0) is 29.8 Å². The van der Waals surface area contributed by atoms with Gasteiger partial charge in [-0.2, -0.15) is 10.1 Å². The van der Waals surface area contributed by atoms with E-state index >= 15 is 0 Å². The van der Waals surface area contributed by atoms with Crippen LogP contribution in [-0.2, 0) is 17.9 Å². The molecule has 9 heteroatoms. The summed E-state index contributed by atoms with van der Waals surface area (Å²) < 4.78 is 37.2. The van der Waals surface area contributed by atoms with Crippen LogP contribution in [0.25, 0.3) is 0 Å². The van der Waals surface area contributed by atoms with Gasteiger partial charge in [-0.25, -0.2) is 13.8 Å². The molecule has 2 heterocycles. The molecule has 0 atom stereocenters. The Kier molecular flexibility index (Phi) is 5.28. The number of hydrogen-bond acceptors (Lipinski definition) is 6. The third kappa shape index (κ3) is 4.45. The molecular formula is C20H16F2N4O3. The SMILES string of the molecule is O=C1CCC(c2nc(COc3ccccc3F)no2)=NN1Cc1ccc(F)cc1. The molecule has 4 rings (SSSR count). The Morgan fingerprint density at radius 3 is 2.66 bits per heavy atom. The van der Waals surface area contributed by atoms with E-state index in [9.17, 15) is 13.6 Å². The van der Waals surface area contributed by atoms with E-state index in [-0.39, 0.29) is 48.8 Å². The van der Waals surface area contributed by atoms with Crippen molar-refractivity contribution in [1.29, 1.82) is 0 Å². The minimum absolute atomic E-state index is 0.0735. The fourth-order valence-electron chi connectivity index (χ4n) is 2.78. The maximum absolute atomic E-state index is 13.6. The molecule has 3 aromatic rings. The van der Waals surface area contributed by atoms with E-state index in [1.165, 1.54) is 29.3 Å². The summed E-state index contributed by atoms with van der Waals surface area (Å²) in [5.74, 6) is -0.492. The molecule has 0 N–H and O–H groups in total. The number of aromatic nitrogens is 2. The first-order valence-corrected chi connectivity index (χ1v) is 8.91. The Bertz CT molecular complexity index is 1050. The maximum atomic E-state index is 13.6. The number of rotatable bonds is 6. The highest BCUT2D eigenvalue weighted by molar-refractivity contribution is 6.00. The summed E-state index contributed by atoms with van der Waals surface area (Å²) in [5.41, 5.74) is 1.21. The lowest BCUT2D eigenvalue weighted by atomic mass is 10.1. The minimum atomic E-state index is -0.483. The Labute approximate surface area is 164 Å². The molecule has 1 amide bonds. The van der Waals surface area contributed by atoms with Crippen molar-refractivity contribution >= 4 is 11.6 Å². The lowest BCUT2D eigenvalue weighted by molar-refractivity contribution is -0.132. The highest BCUT2D eigenvalue weighted by Gasteiger charge is 2.25. The molecule has 0 unspecified atom stereocenters. The summed E-state index contributed by atoms with van der Waals surface area (Å²) in [5, 5.41) is 9.42. The molecule has 0 aliphatic carbocycles. The number of carbonyl (C=O) groups is 1. The van der Waals surface area contributed by atoms with Crippen LogP contribution in [0.5, 0.6) is 5.75 Å². The summed E-state index contributed by atoms with van der Waals surface area (Å²) in [6.45, 7) is 0.135. The zero-order valence-electron chi connectivity index (χ0n) is 15.2. The Balaban J connectivity index is 1.45. The molecule has 0 bridgehead atoms. The fourth-order valence-corrected chi connectivity index (χ4v) is 2.78. The lowest BCUT2D eigenvalue weighted by Crippen LogP contribution is -2.31. The number of benzene rings is 2. The number of carbonyl (C=O) groups excluding carboxylic acids is 1. The quantitative estimate of drug-likeness (QED) is 0.635. The third-order valence-electron chi connectivity index (χ3n) is 4.26. The van der Waals surface area contributed by atoms with Crippen LogP contribution in [0.3, 0.4) is 0 Å². The predicted octanol–water partition coefficient (Wildman–Crippen LogP) is 3.45. The molecule has 1 aliphatic rings. The fraction of sp³-hybridized carbons (Fsp3) is 0.200. The van der Waals surface area contributed by atoms with Crippen LogP contribution in [0, 0.1) is 11.6 Å². The van der Waals surface area contributed by atoms with Gasteiger partial charge in [-0.1, -0.05) is 29.4 Å². The van der Waals surface area contributed by atoms with E-state index in [2.05, 4.69) is 15.2 Å². The van der Waals surface area contributed by atoms with Crippen LogP contribution in [0.2, 0.25) is 0 Å². The van der Waals surface area contributed by atoms with Crippen molar-refractivity contribution in [3.63, 3.8) is 0 Å². The molecule has 148 valence electrons. The molecule has 29 heavy (non-hydrogen) atoms. The Hall–Kier alpha value is -3.62. The number of halogens is 2. The minimum Gasteiger partial charge on any atom is -0.482 e. The van der Waals surface area contributed by atoms with Gasteiger partial charge in [0.1, 0.15) is 11.5 Å². The second-order valence-corrected chi connectivity index (χ2v) is 6.36. The first-order valence-electron chi connectivity index (χ1n) is 8.91. The molecule has 1 aliphatic heterocycles. The number of para-hydroxylation sites is 1. The number of hydrogen-bond donors (Lipinski definition) is 0. The lowest BCUT2D eigenvalue weighted by Gasteiger charge is -2.22. The van der Waals surface area contributed by atoms with E-state index in [4.69, 9.17) is 9.26 Å². The number of ether oxygens (including phenoxy) is 1. The normalized spacial score (nSPS) is 14.1. The van der Waals surface area contributed by atoms with E-state index in [1.807, 2.05) is 0 Å². The topological polar surface area (TPSA) is 80.8 Å². The van der Waals surface area contributed by atoms with Gasteiger partial charge in [0, 0.05) is 12.8 Å². The highest BCUT2D eigenvalue weighted by Crippen LogP contribution is 2.19. The summed E-state index contributed by atoms with van der Waals surface area (Å²) in [7, 11) is 0. The summed E-state index contributed by atoms with van der Waals surface area (Å²) in [6.07, 6.45) is 0.595. The van der Waals surface area contributed by atoms with Crippen LogP contribution < -0.4 is 4.74 Å². The first-order chi connectivity index (χ1) is 14.1. The smallest absolute Gasteiger partial charge is 0.274 e. The van der Waals surface area contributed by atoms with E-state index in [0.29, 0.717) is 12.1 Å². The van der Waals surface area contributed by atoms with Gasteiger partial charge in [0.2, 0.25) is 11.7 Å². The number of nitrogens with zero attached hydrogens (tertiary/aromatic N) is 4. The van der Waals surface area contributed by atoms with Crippen molar-refractivity contribution in [2.24, 2.45) is 5.10 Å². The van der Waals surface area contributed by atoms with E-state index in [1.54, 1.807) is 24.3 Å². The average molecular weight is 398 g/mol. The second kappa shape index (κ2) is 8.17. The molecule has 0 saturated carbocycles. The zero-order chi connectivity index (χ0) is 20.2. The number of amides is 1. The largest absolute Gasteiger partial charge is 0.482 e. The predicted molar refractivity (Wildman–Crippen MR) is 97.8 cm³/mol. The number of hydrazone groups is 1. The highest BCUT2D eigenvalue weighted by atomic mass is 19.1. The van der Waals surface area contributed by atoms with Gasteiger partial charge >= 0.3 is 0 Å². The molecule has 2 aromatic carbocycles. The summed E-state index contributed by atoms with van der Waals surface area (Å²) in [4.78, 5) is 16.4. The standard InChI is InChI=1S/C20H16F2N4O3/c21-14-7-5-13(6-8-14)11-26-19(27)10-9-16(24-26)20-23-18(25-29-20)12-28-17-4-2-1-3-15(17)22/h1-8H,9-12H2. The van der Waals surface area contributed by atoms with Crippen molar-refractivity contribution in [2.75, 3.05) is 0 Å². The van der Waals surface area contributed by atoms with Gasteiger partial charge in [0.25, 0.3) is 5.89 Å². The Morgan fingerprint density at radius 1 is 1.07 bits per heavy atom. The van der Waals surface area contributed by atoms with Gasteiger partial charge in [-0.15, -0.1) is 0 Å². The van der Waals surface area contributed by atoms with Crippen molar-refractivity contribution in [2.45, 2.75) is 26.0 Å². The summed E-state index contributed by atoms with van der Waals surface area (Å²) >= 11 is 0. The van der Waals surface area contributed by atoms with Crippen LogP contribution in [0.15, 0.2) is 58.2 Å². The molecule has 0 saturated heterocycles. The molecular weight excluding hydrogens is 382 g/mol. The van der Waals surface area contributed by atoms with Crippen molar-refractivity contribution in [3.05, 3.63) is 77.4 Å². The monoisotopic (exact) mass is 398 g/mol. The van der Waals surface area contributed by atoms with E-state index < -0.39 is 5.82 Å². The zero-order valence-corrected chi connectivity index (χ0v) is 15.2. The van der Waals surface area contributed by atoms with Gasteiger partial charge in [-0.3, -0.25) is 4.79 Å². The maximum Gasteiger partial charge on any atom is 0.274 e. The van der Waals surface area contributed by atoms with Crippen molar-refractivity contribution in [1.82, 2.24) is 15.1 Å². The van der Waals surface area contributed by atoms with Gasteiger partial charge < -0.3 is 9.26 Å². The summed E-state index contributed by atoms with van der Waals surface area (Å²) in [6, 6.07) is 11.9. The van der Waals surface area contributed by atoms with E-state index in [0.717, 1.165) is 5.56 Å². The van der Waals surface area contributed by atoms with Crippen LogP contribution in [-0.4, -0.2) is 26.8 Å². The van der Waals surface area contributed by atoms with Gasteiger partial charge in [0.15, 0.2) is 18.2 Å². The molecule has 0 fully saturated rings.